The number of aliphatic hydroxyl groups is 2. The zero-order chi connectivity index (χ0) is 13.9. The largest absolute Gasteiger partial charge is 0.362 e. The maximum Gasteiger partial charge on any atom is 0.272 e. The van der Waals surface area contributed by atoms with Gasteiger partial charge >= 0.3 is 0 Å². The summed E-state index contributed by atoms with van der Waals surface area (Å²) in [6, 6.07) is 14.3. The van der Waals surface area contributed by atoms with Crippen molar-refractivity contribution in [1.29, 1.82) is 0 Å². The van der Waals surface area contributed by atoms with Crippen LogP contribution in [0.25, 0.3) is 0 Å². The molecule has 0 aliphatic carbocycles. The Hall–Kier alpha value is -2.24. The van der Waals surface area contributed by atoms with Gasteiger partial charge in [-0.25, -0.2) is 0 Å². The zero-order valence-corrected chi connectivity index (χ0v) is 10.1. The summed E-state index contributed by atoms with van der Waals surface area (Å²) in [5.74, 6) is -2.13. The normalized spacial score (nSPS) is 11.3. The van der Waals surface area contributed by atoms with Crippen molar-refractivity contribution >= 4 is 5.69 Å². The monoisotopic (exact) mass is 259 g/mol. The highest BCUT2D eigenvalue weighted by molar-refractivity contribution is 5.41. The van der Waals surface area contributed by atoms with E-state index in [0.29, 0.717) is 5.56 Å². The molecule has 2 aromatic carbocycles. The van der Waals surface area contributed by atoms with Crippen LogP contribution in [-0.2, 0) is 12.2 Å². The molecule has 2 aromatic rings. The number of nitro groups is 1. The van der Waals surface area contributed by atoms with Gasteiger partial charge in [0.05, 0.1) is 4.92 Å². The lowest BCUT2D eigenvalue weighted by molar-refractivity contribution is -0.386. The molecule has 0 fully saturated rings. The molecular formula is C14H13NO4. The second-order valence-electron chi connectivity index (χ2n) is 4.25. The Balaban J connectivity index is 2.33. The van der Waals surface area contributed by atoms with Crippen molar-refractivity contribution in [3.63, 3.8) is 0 Å². The third-order valence-corrected chi connectivity index (χ3v) is 2.86. The van der Waals surface area contributed by atoms with Crippen molar-refractivity contribution in [3.05, 3.63) is 75.8 Å². The van der Waals surface area contributed by atoms with Crippen LogP contribution < -0.4 is 0 Å². The van der Waals surface area contributed by atoms with Crippen LogP contribution in [0, 0.1) is 10.1 Å². The quantitative estimate of drug-likeness (QED) is 0.499. The molecule has 0 saturated carbocycles. The Morgan fingerprint density at radius 1 is 1.00 bits per heavy atom. The smallest absolute Gasteiger partial charge is 0.272 e. The van der Waals surface area contributed by atoms with Gasteiger partial charge in [0.15, 0.2) is 5.79 Å². The summed E-state index contributed by atoms with van der Waals surface area (Å²) >= 11 is 0. The average Bonchev–Trinajstić information content (AvgIpc) is 2.39. The summed E-state index contributed by atoms with van der Waals surface area (Å²) in [5, 5.41) is 31.0. The summed E-state index contributed by atoms with van der Waals surface area (Å²) in [7, 11) is 0. The molecule has 0 aliphatic rings. The highest BCUT2D eigenvalue weighted by Gasteiger charge is 2.29. The first-order valence-electron chi connectivity index (χ1n) is 5.73. The molecule has 0 unspecified atom stereocenters. The predicted molar refractivity (Wildman–Crippen MR) is 69.4 cm³/mol. The minimum Gasteiger partial charge on any atom is -0.362 e. The van der Waals surface area contributed by atoms with Crippen molar-refractivity contribution in [2.24, 2.45) is 0 Å². The number of hydrogen-bond donors (Lipinski definition) is 2. The van der Waals surface area contributed by atoms with Crippen LogP contribution in [0.2, 0.25) is 0 Å². The maximum atomic E-state index is 10.9. The molecule has 2 rings (SSSR count). The molecule has 0 atom stereocenters. The van der Waals surface area contributed by atoms with Gasteiger partial charge < -0.3 is 10.2 Å². The molecule has 0 radical (unpaired) electrons. The fourth-order valence-corrected chi connectivity index (χ4v) is 1.91. The fraction of sp³-hybridized carbons (Fsp3) is 0.143. The van der Waals surface area contributed by atoms with Crippen LogP contribution in [0.4, 0.5) is 5.69 Å². The molecule has 0 amide bonds. The average molecular weight is 259 g/mol. The van der Waals surface area contributed by atoms with Gasteiger partial charge in [-0.05, 0) is 0 Å². The summed E-state index contributed by atoms with van der Waals surface area (Å²) < 4.78 is 0. The molecule has 5 heteroatoms. The highest BCUT2D eigenvalue weighted by Crippen LogP contribution is 2.27. The summed E-state index contributed by atoms with van der Waals surface area (Å²) in [6.45, 7) is 0. The van der Waals surface area contributed by atoms with Crippen molar-refractivity contribution in [3.8, 4) is 0 Å². The lowest BCUT2D eigenvalue weighted by Gasteiger charge is -2.22. The minimum atomic E-state index is -2.13. The topological polar surface area (TPSA) is 83.6 Å². The molecule has 98 valence electrons. The Bertz CT molecular complexity index is 581. The summed E-state index contributed by atoms with van der Waals surface area (Å²) in [4.78, 5) is 10.4. The fourth-order valence-electron chi connectivity index (χ4n) is 1.91. The van der Waals surface area contributed by atoms with Gasteiger partial charge in [-0.2, -0.15) is 0 Å². The van der Waals surface area contributed by atoms with Gasteiger partial charge in [-0.3, -0.25) is 10.1 Å². The molecular weight excluding hydrogens is 246 g/mol. The Labute approximate surface area is 109 Å². The number of benzene rings is 2. The van der Waals surface area contributed by atoms with E-state index in [1.807, 2.05) is 0 Å². The third kappa shape index (κ3) is 2.96. The van der Waals surface area contributed by atoms with Crippen LogP contribution in [-0.4, -0.2) is 15.1 Å². The number of para-hydroxylation sites is 1. The van der Waals surface area contributed by atoms with Gasteiger partial charge in [-0.1, -0.05) is 48.5 Å². The Morgan fingerprint density at radius 3 is 2.21 bits per heavy atom. The molecule has 19 heavy (non-hydrogen) atoms. The molecule has 0 heterocycles. The van der Waals surface area contributed by atoms with E-state index in [9.17, 15) is 20.3 Å². The SMILES string of the molecule is O=[N+]([O-])c1ccccc1CC(O)(O)c1ccccc1. The van der Waals surface area contributed by atoms with Crippen molar-refractivity contribution in [1.82, 2.24) is 0 Å². The molecule has 2 N–H and O–H groups in total. The van der Waals surface area contributed by atoms with E-state index in [2.05, 4.69) is 0 Å². The minimum absolute atomic E-state index is 0.120. The van der Waals surface area contributed by atoms with E-state index < -0.39 is 10.7 Å². The van der Waals surface area contributed by atoms with Gasteiger partial charge in [0.1, 0.15) is 0 Å². The van der Waals surface area contributed by atoms with Crippen LogP contribution >= 0.6 is 0 Å². The van der Waals surface area contributed by atoms with Crippen molar-refractivity contribution in [2.75, 3.05) is 0 Å². The van der Waals surface area contributed by atoms with E-state index in [0.717, 1.165) is 0 Å². The number of rotatable bonds is 4. The van der Waals surface area contributed by atoms with Crippen molar-refractivity contribution in [2.45, 2.75) is 12.2 Å². The van der Waals surface area contributed by atoms with Gasteiger partial charge in [0.25, 0.3) is 5.69 Å². The van der Waals surface area contributed by atoms with E-state index >= 15 is 0 Å². The molecule has 0 aromatic heterocycles. The first-order valence-corrected chi connectivity index (χ1v) is 5.73. The first-order chi connectivity index (χ1) is 9.00. The maximum absolute atomic E-state index is 10.9. The second-order valence-corrected chi connectivity index (χ2v) is 4.25. The summed E-state index contributed by atoms with van der Waals surface area (Å²) in [6.07, 6.45) is -0.242. The predicted octanol–water partition coefficient (Wildman–Crippen LogP) is 1.97. The Morgan fingerprint density at radius 2 is 1.58 bits per heavy atom. The lowest BCUT2D eigenvalue weighted by Crippen LogP contribution is -2.28. The van der Waals surface area contributed by atoms with Gasteiger partial charge in [0.2, 0.25) is 0 Å². The standard InChI is InChI=1S/C14H13NO4/c16-14(17,12-7-2-1-3-8-12)10-11-6-4-5-9-13(11)15(18)19/h1-9,16-17H,10H2. The summed E-state index contributed by atoms with van der Waals surface area (Å²) in [5.41, 5.74) is 0.459. The number of nitrogens with zero attached hydrogens (tertiary/aromatic N) is 1. The van der Waals surface area contributed by atoms with Gasteiger partial charge in [0, 0.05) is 23.6 Å². The molecule has 0 bridgehead atoms. The van der Waals surface area contributed by atoms with Crippen molar-refractivity contribution < 1.29 is 15.1 Å². The van der Waals surface area contributed by atoms with Crippen LogP contribution in [0.1, 0.15) is 11.1 Å². The molecule has 0 spiro atoms. The molecule has 5 nitrogen and oxygen atoms in total. The van der Waals surface area contributed by atoms with E-state index in [-0.39, 0.29) is 17.7 Å². The Kier molecular flexibility index (Phi) is 3.59. The van der Waals surface area contributed by atoms with E-state index in [1.165, 1.54) is 12.1 Å². The van der Waals surface area contributed by atoms with Crippen LogP contribution in [0.3, 0.4) is 0 Å². The number of hydrogen-bond acceptors (Lipinski definition) is 4. The lowest BCUT2D eigenvalue weighted by atomic mass is 9.97. The van der Waals surface area contributed by atoms with Crippen LogP contribution in [0.5, 0.6) is 0 Å². The zero-order valence-electron chi connectivity index (χ0n) is 10.1. The van der Waals surface area contributed by atoms with E-state index in [1.54, 1.807) is 42.5 Å². The highest BCUT2D eigenvalue weighted by atomic mass is 16.6. The van der Waals surface area contributed by atoms with Crippen LogP contribution in [0.15, 0.2) is 54.6 Å². The first kappa shape index (κ1) is 13.2. The molecule has 0 aliphatic heterocycles. The number of nitro benzene ring substituents is 1. The van der Waals surface area contributed by atoms with Gasteiger partial charge in [-0.15, -0.1) is 0 Å². The second kappa shape index (κ2) is 5.17. The van der Waals surface area contributed by atoms with E-state index in [4.69, 9.17) is 0 Å². The molecule has 0 saturated heterocycles. The third-order valence-electron chi connectivity index (χ3n) is 2.86.